The molecule has 1 unspecified atom stereocenters. The molecule has 0 aliphatic heterocycles. The fourth-order valence-electron chi connectivity index (χ4n) is 4.50. The van der Waals surface area contributed by atoms with Gasteiger partial charge in [-0.2, -0.15) is 0 Å². The summed E-state index contributed by atoms with van der Waals surface area (Å²) in [5.74, 6) is 0. The SMILES string of the molecule is C=CC1=C(/C=C\C)C(c2ccccc2)(c2ccc(NC)cc2)c2ccccc21. The van der Waals surface area contributed by atoms with Gasteiger partial charge in [-0.15, -0.1) is 0 Å². The van der Waals surface area contributed by atoms with Gasteiger partial charge in [0.05, 0.1) is 5.41 Å². The van der Waals surface area contributed by atoms with Crippen LogP contribution in [0.1, 0.15) is 29.2 Å². The van der Waals surface area contributed by atoms with Gasteiger partial charge >= 0.3 is 0 Å². The van der Waals surface area contributed by atoms with Crippen LogP contribution < -0.4 is 5.32 Å². The second kappa shape index (κ2) is 7.36. The first kappa shape index (κ1) is 18.1. The third-order valence-electron chi connectivity index (χ3n) is 5.67. The molecule has 0 radical (unpaired) electrons. The van der Waals surface area contributed by atoms with Gasteiger partial charge in [0, 0.05) is 12.7 Å². The predicted molar refractivity (Wildman–Crippen MR) is 121 cm³/mol. The van der Waals surface area contributed by atoms with Crippen LogP contribution in [-0.2, 0) is 5.41 Å². The van der Waals surface area contributed by atoms with Crippen molar-refractivity contribution < 1.29 is 0 Å². The van der Waals surface area contributed by atoms with Gasteiger partial charge in [-0.1, -0.05) is 91.5 Å². The van der Waals surface area contributed by atoms with E-state index in [1.54, 1.807) is 0 Å². The zero-order valence-corrected chi connectivity index (χ0v) is 16.4. The van der Waals surface area contributed by atoms with E-state index in [-0.39, 0.29) is 5.41 Å². The molecule has 0 bridgehead atoms. The highest BCUT2D eigenvalue weighted by Gasteiger charge is 2.45. The van der Waals surface area contributed by atoms with Crippen molar-refractivity contribution in [2.75, 3.05) is 12.4 Å². The molecule has 1 aliphatic rings. The zero-order chi connectivity index (χ0) is 19.6. The van der Waals surface area contributed by atoms with Crippen LogP contribution in [-0.4, -0.2) is 7.05 Å². The lowest BCUT2D eigenvalue weighted by Gasteiger charge is -2.35. The maximum atomic E-state index is 4.15. The Morgan fingerprint density at radius 1 is 0.821 bits per heavy atom. The molecular weight excluding hydrogens is 338 g/mol. The van der Waals surface area contributed by atoms with Gasteiger partial charge in [-0.25, -0.2) is 0 Å². The van der Waals surface area contributed by atoms with Gasteiger partial charge in [0.2, 0.25) is 0 Å². The Balaban J connectivity index is 2.15. The molecule has 0 aromatic heterocycles. The zero-order valence-electron chi connectivity index (χ0n) is 16.4. The highest BCUT2D eigenvalue weighted by molar-refractivity contribution is 5.91. The fourth-order valence-corrected chi connectivity index (χ4v) is 4.50. The molecule has 0 saturated carbocycles. The Morgan fingerprint density at radius 2 is 1.46 bits per heavy atom. The van der Waals surface area contributed by atoms with E-state index in [9.17, 15) is 0 Å². The van der Waals surface area contributed by atoms with E-state index in [0.717, 1.165) is 5.69 Å². The Hall–Kier alpha value is -3.32. The standard InChI is InChI=1S/C27H25N/c1-4-11-25-23(5-2)24-14-9-10-15-26(24)27(25,20-12-7-6-8-13-20)21-16-18-22(28-3)19-17-21/h4-19,28H,2H2,1,3H3/b11-4-. The summed E-state index contributed by atoms with van der Waals surface area (Å²) in [5, 5.41) is 3.23. The lowest BCUT2D eigenvalue weighted by molar-refractivity contribution is 0.761. The smallest absolute Gasteiger partial charge is 0.0713 e. The molecule has 0 saturated heterocycles. The lowest BCUT2D eigenvalue weighted by Crippen LogP contribution is -2.29. The quantitative estimate of drug-likeness (QED) is 0.539. The van der Waals surface area contributed by atoms with Crippen LogP contribution in [0.2, 0.25) is 0 Å². The molecule has 28 heavy (non-hydrogen) atoms. The molecule has 0 heterocycles. The average Bonchev–Trinajstić information content (AvgIpc) is 3.05. The number of fused-ring (bicyclic) bond motifs is 1. The monoisotopic (exact) mass is 363 g/mol. The number of anilines is 1. The van der Waals surface area contributed by atoms with E-state index in [4.69, 9.17) is 0 Å². The van der Waals surface area contributed by atoms with Crippen LogP contribution in [0.25, 0.3) is 5.57 Å². The van der Waals surface area contributed by atoms with Gasteiger partial charge in [0.15, 0.2) is 0 Å². The number of allylic oxidation sites excluding steroid dienone is 5. The minimum atomic E-state index is -0.361. The largest absolute Gasteiger partial charge is 0.388 e. The first-order chi connectivity index (χ1) is 13.8. The molecule has 1 N–H and O–H groups in total. The Bertz CT molecular complexity index is 1050. The van der Waals surface area contributed by atoms with Crippen LogP contribution >= 0.6 is 0 Å². The third kappa shape index (κ3) is 2.55. The third-order valence-corrected chi connectivity index (χ3v) is 5.67. The maximum absolute atomic E-state index is 4.15. The van der Waals surface area contributed by atoms with Gasteiger partial charge in [-0.3, -0.25) is 0 Å². The fraction of sp³-hybridized carbons (Fsp3) is 0.111. The van der Waals surface area contributed by atoms with Crippen LogP contribution in [0, 0.1) is 0 Å². The lowest BCUT2D eigenvalue weighted by atomic mass is 9.66. The number of hydrogen-bond acceptors (Lipinski definition) is 1. The summed E-state index contributed by atoms with van der Waals surface area (Å²) in [6.07, 6.45) is 6.38. The Morgan fingerprint density at radius 3 is 2.11 bits per heavy atom. The van der Waals surface area contributed by atoms with E-state index >= 15 is 0 Å². The summed E-state index contributed by atoms with van der Waals surface area (Å²) in [6.45, 7) is 6.23. The summed E-state index contributed by atoms with van der Waals surface area (Å²) in [4.78, 5) is 0. The van der Waals surface area contributed by atoms with E-state index in [2.05, 4.69) is 110 Å². The first-order valence-electron chi connectivity index (χ1n) is 9.71. The molecule has 0 amide bonds. The van der Waals surface area contributed by atoms with Crippen molar-refractivity contribution in [2.24, 2.45) is 0 Å². The van der Waals surface area contributed by atoms with Gasteiger partial charge in [0.25, 0.3) is 0 Å². The topological polar surface area (TPSA) is 12.0 Å². The summed E-state index contributed by atoms with van der Waals surface area (Å²) >= 11 is 0. The molecule has 1 aliphatic carbocycles. The minimum Gasteiger partial charge on any atom is -0.388 e. The Labute approximate surface area is 167 Å². The van der Waals surface area contributed by atoms with Crippen LogP contribution in [0.4, 0.5) is 5.69 Å². The minimum absolute atomic E-state index is 0.361. The van der Waals surface area contributed by atoms with E-state index in [0.29, 0.717) is 0 Å². The molecule has 138 valence electrons. The molecular formula is C27H25N. The highest BCUT2D eigenvalue weighted by atomic mass is 14.8. The van der Waals surface area contributed by atoms with Crippen molar-refractivity contribution >= 4 is 11.3 Å². The van der Waals surface area contributed by atoms with Crippen molar-refractivity contribution in [3.63, 3.8) is 0 Å². The number of hydrogen-bond donors (Lipinski definition) is 1. The normalized spacial score (nSPS) is 18.4. The summed E-state index contributed by atoms with van der Waals surface area (Å²) in [7, 11) is 1.95. The molecule has 1 heteroatoms. The molecule has 0 spiro atoms. The number of rotatable bonds is 5. The molecule has 1 atom stereocenters. The Kier molecular flexibility index (Phi) is 4.75. The van der Waals surface area contributed by atoms with Crippen molar-refractivity contribution in [3.8, 4) is 0 Å². The number of nitrogens with one attached hydrogen (secondary N) is 1. The summed E-state index contributed by atoms with van der Waals surface area (Å²) in [5.41, 5.74) is 8.32. The van der Waals surface area contributed by atoms with Crippen molar-refractivity contribution in [1.82, 2.24) is 0 Å². The summed E-state index contributed by atoms with van der Waals surface area (Å²) < 4.78 is 0. The molecule has 3 aromatic carbocycles. The van der Waals surface area contributed by atoms with Crippen molar-refractivity contribution in [1.29, 1.82) is 0 Å². The maximum Gasteiger partial charge on any atom is 0.0713 e. The molecule has 4 rings (SSSR count). The highest BCUT2D eigenvalue weighted by Crippen LogP contribution is 2.55. The second-order valence-electron chi connectivity index (χ2n) is 7.02. The van der Waals surface area contributed by atoms with Gasteiger partial charge in [0.1, 0.15) is 0 Å². The van der Waals surface area contributed by atoms with Gasteiger partial charge < -0.3 is 5.32 Å². The van der Waals surface area contributed by atoms with Crippen LogP contribution in [0.3, 0.4) is 0 Å². The van der Waals surface area contributed by atoms with Gasteiger partial charge in [-0.05, 0) is 52.5 Å². The average molecular weight is 364 g/mol. The van der Waals surface area contributed by atoms with E-state index in [1.807, 2.05) is 13.1 Å². The number of benzene rings is 3. The molecule has 0 fully saturated rings. The van der Waals surface area contributed by atoms with Crippen LogP contribution in [0.5, 0.6) is 0 Å². The van der Waals surface area contributed by atoms with Crippen LogP contribution in [0.15, 0.2) is 109 Å². The van der Waals surface area contributed by atoms with E-state index < -0.39 is 0 Å². The molecule has 1 nitrogen and oxygen atoms in total. The molecule has 3 aromatic rings. The first-order valence-corrected chi connectivity index (χ1v) is 9.71. The van der Waals surface area contributed by atoms with E-state index in [1.165, 1.54) is 33.4 Å². The second-order valence-corrected chi connectivity index (χ2v) is 7.02. The van der Waals surface area contributed by atoms with Crippen molar-refractivity contribution in [3.05, 3.63) is 131 Å². The van der Waals surface area contributed by atoms with Crippen molar-refractivity contribution in [2.45, 2.75) is 12.3 Å². The predicted octanol–water partition coefficient (Wildman–Crippen LogP) is 6.59. The summed E-state index contributed by atoms with van der Waals surface area (Å²) in [6, 6.07) is 28.3.